The summed E-state index contributed by atoms with van der Waals surface area (Å²) in [6.45, 7) is 11.4. The topological polar surface area (TPSA) is 45.4 Å². The highest BCUT2D eigenvalue weighted by atomic mass is 15.3. The van der Waals surface area contributed by atoms with E-state index in [-0.39, 0.29) is 5.54 Å². The normalized spacial score (nSPS) is 18.1. The van der Waals surface area contributed by atoms with Crippen LogP contribution in [0.2, 0.25) is 0 Å². The SMILES string of the molecule is Cc1ccc(N2CCN(CC(C)(C)N)CC2)nc1. The lowest BCUT2D eigenvalue weighted by Gasteiger charge is -2.38. The van der Waals surface area contributed by atoms with Gasteiger partial charge in [0.05, 0.1) is 0 Å². The van der Waals surface area contributed by atoms with Crippen molar-refractivity contribution < 1.29 is 0 Å². The molecule has 1 aromatic heterocycles. The molecule has 0 unspecified atom stereocenters. The Kier molecular flexibility index (Phi) is 3.88. The second-order valence-corrected chi connectivity index (χ2v) is 5.95. The van der Waals surface area contributed by atoms with Crippen molar-refractivity contribution in [2.24, 2.45) is 5.73 Å². The second-order valence-electron chi connectivity index (χ2n) is 5.95. The summed E-state index contributed by atoms with van der Waals surface area (Å²) in [6, 6.07) is 4.23. The lowest BCUT2D eigenvalue weighted by molar-refractivity contribution is 0.214. The van der Waals surface area contributed by atoms with Crippen molar-refractivity contribution in [3.63, 3.8) is 0 Å². The zero-order valence-corrected chi connectivity index (χ0v) is 11.7. The number of aromatic nitrogens is 1. The summed E-state index contributed by atoms with van der Waals surface area (Å²) in [4.78, 5) is 9.27. The largest absolute Gasteiger partial charge is 0.354 e. The number of anilines is 1. The molecule has 2 heterocycles. The molecule has 4 nitrogen and oxygen atoms in total. The smallest absolute Gasteiger partial charge is 0.128 e. The average molecular weight is 248 g/mol. The summed E-state index contributed by atoms with van der Waals surface area (Å²) in [5, 5.41) is 0. The van der Waals surface area contributed by atoms with Crippen LogP contribution in [0.4, 0.5) is 5.82 Å². The molecule has 0 spiro atoms. The molecule has 2 N–H and O–H groups in total. The molecule has 2 rings (SSSR count). The van der Waals surface area contributed by atoms with E-state index in [9.17, 15) is 0 Å². The highest BCUT2D eigenvalue weighted by Crippen LogP contribution is 2.14. The van der Waals surface area contributed by atoms with Crippen LogP contribution >= 0.6 is 0 Å². The van der Waals surface area contributed by atoms with Gasteiger partial charge >= 0.3 is 0 Å². The number of rotatable bonds is 3. The molecule has 0 aromatic carbocycles. The Morgan fingerprint density at radius 2 is 1.89 bits per heavy atom. The van der Waals surface area contributed by atoms with Crippen molar-refractivity contribution in [1.29, 1.82) is 0 Å². The third-order valence-corrected chi connectivity index (χ3v) is 3.22. The Labute approximate surface area is 110 Å². The van der Waals surface area contributed by atoms with Crippen LogP contribution in [0.3, 0.4) is 0 Å². The zero-order chi connectivity index (χ0) is 13.2. The van der Waals surface area contributed by atoms with Crippen LogP contribution in [0.15, 0.2) is 18.3 Å². The number of pyridine rings is 1. The number of hydrogen-bond acceptors (Lipinski definition) is 4. The van der Waals surface area contributed by atoms with Crippen molar-refractivity contribution in [3.05, 3.63) is 23.9 Å². The van der Waals surface area contributed by atoms with Crippen molar-refractivity contribution in [1.82, 2.24) is 9.88 Å². The van der Waals surface area contributed by atoms with Crippen molar-refractivity contribution in [2.45, 2.75) is 26.3 Å². The Morgan fingerprint density at radius 1 is 1.22 bits per heavy atom. The summed E-state index contributed by atoms with van der Waals surface area (Å²) in [5.74, 6) is 1.09. The van der Waals surface area contributed by atoms with Crippen molar-refractivity contribution in [2.75, 3.05) is 37.6 Å². The standard InChI is InChI=1S/C14H24N4/c1-12-4-5-13(16-10-12)18-8-6-17(7-9-18)11-14(2,3)15/h4-5,10H,6-9,11,15H2,1-3H3. The van der Waals surface area contributed by atoms with Gasteiger partial charge in [0, 0.05) is 44.5 Å². The molecule has 18 heavy (non-hydrogen) atoms. The minimum atomic E-state index is -0.107. The van der Waals surface area contributed by atoms with E-state index in [1.54, 1.807) is 0 Å². The molecule has 1 saturated heterocycles. The Balaban J connectivity index is 1.88. The van der Waals surface area contributed by atoms with Gasteiger partial charge in [-0.2, -0.15) is 0 Å². The van der Waals surface area contributed by atoms with E-state index in [0.717, 1.165) is 38.5 Å². The van der Waals surface area contributed by atoms with Gasteiger partial charge in [-0.25, -0.2) is 4.98 Å². The Morgan fingerprint density at radius 3 is 2.39 bits per heavy atom. The maximum Gasteiger partial charge on any atom is 0.128 e. The van der Waals surface area contributed by atoms with Gasteiger partial charge < -0.3 is 10.6 Å². The predicted octanol–water partition coefficient (Wildman–Crippen LogP) is 1.25. The van der Waals surface area contributed by atoms with Gasteiger partial charge in [-0.3, -0.25) is 4.90 Å². The summed E-state index contributed by atoms with van der Waals surface area (Å²) in [6.07, 6.45) is 1.94. The first kappa shape index (κ1) is 13.3. The molecule has 1 aliphatic heterocycles. The van der Waals surface area contributed by atoms with E-state index in [4.69, 9.17) is 5.73 Å². The molecule has 0 amide bonds. The summed E-state index contributed by atoms with van der Waals surface area (Å²) in [7, 11) is 0. The van der Waals surface area contributed by atoms with E-state index in [2.05, 4.69) is 47.7 Å². The predicted molar refractivity (Wildman–Crippen MR) is 75.9 cm³/mol. The van der Waals surface area contributed by atoms with Gasteiger partial charge in [-0.1, -0.05) is 6.07 Å². The molecule has 100 valence electrons. The van der Waals surface area contributed by atoms with Crippen LogP contribution in [0.5, 0.6) is 0 Å². The fraction of sp³-hybridized carbons (Fsp3) is 0.643. The lowest BCUT2D eigenvalue weighted by Crippen LogP contribution is -2.53. The highest BCUT2D eigenvalue weighted by Gasteiger charge is 2.22. The molecule has 0 bridgehead atoms. The zero-order valence-electron chi connectivity index (χ0n) is 11.7. The fourth-order valence-corrected chi connectivity index (χ4v) is 2.36. The number of nitrogens with zero attached hydrogens (tertiary/aromatic N) is 3. The minimum Gasteiger partial charge on any atom is -0.354 e. The summed E-state index contributed by atoms with van der Waals surface area (Å²) < 4.78 is 0. The number of nitrogens with two attached hydrogens (primary N) is 1. The first-order valence-electron chi connectivity index (χ1n) is 6.63. The fourth-order valence-electron chi connectivity index (χ4n) is 2.36. The number of hydrogen-bond donors (Lipinski definition) is 1. The van der Waals surface area contributed by atoms with Crippen LogP contribution in [0.25, 0.3) is 0 Å². The third-order valence-electron chi connectivity index (χ3n) is 3.22. The molecule has 1 fully saturated rings. The first-order valence-corrected chi connectivity index (χ1v) is 6.63. The molecule has 0 radical (unpaired) electrons. The summed E-state index contributed by atoms with van der Waals surface area (Å²) >= 11 is 0. The second kappa shape index (κ2) is 5.24. The quantitative estimate of drug-likeness (QED) is 0.874. The van der Waals surface area contributed by atoms with Crippen LogP contribution in [-0.4, -0.2) is 48.1 Å². The molecule has 4 heteroatoms. The Bertz CT molecular complexity index is 372. The number of aryl methyl sites for hydroxylation is 1. The Hall–Kier alpha value is -1.13. The minimum absolute atomic E-state index is 0.107. The maximum atomic E-state index is 6.06. The van der Waals surface area contributed by atoms with Crippen LogP contribution in [0, 0.1) is 6.92 Å². The van der Waals surface area contributed by atoms with Crippen LogP contribution < -0.4 is 10.6 Å². The average Bonchev–Trinajstić information content (AvgIpc) is 2.29. The van der Waals surface area contributed by atoms with Gasteiger partial charge in [0.1, 0.15) is 5.82 Å². The van der Waals surface area contributed by atoms with Crippen molar-refractivity contribution in [3.8, 4) is 0 Å². The van der Waals surface area contributed by atoms with Gasteiger partial charge in [0.2, 0.25) is 0 Å². The lowest BCUT2D eigenvalue weighted by atomic mass is 10.1. The van der Waals surface area contributed by atoms with Gasteiger partial charge in [-0.05, 0) is 32.4 Å². The molecule has 0 atom stereocenters. The van der Waals surface area contributed by atoms with Crippen molar-refractivity contribution >= 4 is 5.82 Å². The molecular formula is C14H24N4. The van der Waals surface area contributed by atoms with E-state index < -0.39 is 0 Å². The molecule has 1 aliphatic rings. The van der Waals surface area contributed by atoms with E-state index in [1.807, 2.05) is 6.20 Å². The van der Waals surface area contributed by atoms with E-state index in [1.165, 1.54) is 5.56 Å². The van der Waals surface area contributed by atoms with E-state index in [0.29, 0.717) is 0 Å². The monoisotopic (exact) mass is 248 g/mol. The molecular weight excluding hydrogens is 224 g/mol. The first-order chi connectivity index (χ1) is 8.44. The third kappa shape index (κ3) is 3.68. The van der Waals surface area contributed by atoms with E-state index >= 15 is 0 Å². The van der Waals surface area contributed by atoms with Gasteiger partial charge in [0.15, 0.2) is 0 Å². The molecule has 0 aliphatic carbocycles. The summed E-state index contributed by atoms with van der Waals surface area (Å²) in [5.41, 5.74) is 7.16. The molecule has 1 aromatic rings. The van der Waals surface area contributed by atoms with Gasteiger partial charge in [0.25, 0.3) is 0 Å². The highest BCUT2D eigenvalue weighted by molar-refractivity contribution is 5.39. The van der Waals surface area contributed by atoms with Crippen LogP contribution in [0.1, 0.15) is 19.4 Å². The number of piperazine rings is 1. The molecule has 0 saturated carbocycles. The maximum absolute atomic E-state index is 6.06. The van der Waals surface area contributed by atoms with Crippen LogP contribution in [-0.2, 0) is 0 Å². The van der Waals surface area contributed by atoms with Gasteiger partial charge in [-0.15, -0.1) is 0 Å².